The molecule has 1 aliphatic carbocycles. The minimum atomic E-state index is -0.265. The maximum absolute atomic E-state index is 13.0. The van der Waals surface area contributed by atoms with E-state index in [1.165, 1.54) is 0 Å². The molecule has 0 spiro atoms. The predicted octanol–water partition coefficient (Wildman–Crippen LogP) is 2.15. The molecule has 1 atom stereocenters. The Labute approximate surface area is 146 Å². The molecule has 2 N–H and O–H groups in total. The molecule has 130 valence electrons. The van der Waals surface area contributed by atoms with Crippen LogP contribution in [0.4, 0.5) is 0 Å². The third-order valence-electron chi connectivity index (χ3n) is 5.13. The van der Waals surface area contributed by atoms with Crippen molar-refractivity contribution < 1.29 is 9.90 Å². The second kappa shape index (κ2) is 6.04. The van der Waals surface area contributed by atoms with Gasteiger partial charge in [0, 0.05) is 43.0 Å². The summed E-state index contributed by atoms with van der Waals surface area (Å²) in [5.74, 6) is 0.144. The Bertz CT molecular complexity index is 921. The van der Waals surface area contributed by atoms with Crippen molar-refractivity contribution in [3.8, 4) is 0 Å². The Hall–Kier alpha value is -2.60. The molecule has 0 radical (unpaired) electrons. The fourth-order valence-corrected chi connectivity index (χ4v) is 3.72. The van der Waals surface area contributed by atoms with Crippen LogP contribution in [0.25, 0.3) is 10.9 Å². The van der Waals surface area contributed by atoms with E-state index in [1.807, 2.05) is 55.3 Å². The molecule has 1 aromatic carbocycles. The van der Waals surface area contributed by atoms with E-state index in [0.29, 0.717) is 18.4 Å². The molecule has 1 amide bonds. The fourth-order valence-electron chi connectivity index (χ4n) is 3.72. The van der Waals surface area contributed by atoms with Gasteiger partial charge in [-0.1, -0.05) is 18.2 Å². The molecule has 0 aliphatic heterocycles. The number of carbonyl (C=O) groups excluding carboxylic acids is 1. The van der Waals surface area contributed by atoms with Gasteiger partial charge < -0.3 is 15.0 Å². The zero-order chi connectivity index (χ0) is 17.6. The highest BCUT2D eigenvalue weighted by Crippen LogP contribution is 2.38. The Morgan fingerprint density at radius 3 is 2.72 bits per heavy atom. The minimum absolute atomic E-state index is 0.0907. The molecule has 0 saturated heterocycles. The van der Waals surface area contributed by atoms with Crippen molar-refractivity contribution in [3.63, 3.8) is 0 Å². The second-order valence-corrected chi connectivity index (χ2v) is 6.95. The smallest absolute Gasteiger partial charge is 0.253 e. The topological polar surface area (TPSA) is 72.1 Å². The number of benzene rings is 1. The lowest BCUT2D eigenvalue weighted by Gasteiger charge is -2.37. The van der Waals surface area contributed by atoms with Crippen LogP contribution < -0.4 is 5.32 Å². The quantitative estimate of drug-likeness (QED) is 0.766. The Morgan fingerprint density at radius 1 is 1.28 bits per heavy atom. The van der Waals surface area contributed by atoms with Crippen molar-refractivity contribution >= 4 is 16.8 Å². The first-order valence-corrected chi connectivity index (χ1v) is 8.54. The number of hydrogen-bond donors (Lipinski definition) is 2. The Morgan fingerprint density at radius 2 is 2.04 bits per heavy atom. The summed E-state index contributed by atoms with van der Waals surface area (Å²) in [5.41, 5.74) is 2.68. The van der Waals surface area contributed by atoms with Crippen LogP contribution in [0.2, 0.25) is 0 Å². The molecule has 4 rings (SSSR count). The van der Waals surface area contributed by atoms with Crippen LogP contribution in [-0.2, 0) is 14.1 Å². The van der Waals surface area contributed by atoms with E-state index >= 15 is 0 Å². The molecule has 2 heterocycles. The highest BCUT2D eigenvalue weighted by atomic mass is 16.3. The summed E-state index contributed by atoms with van der Waals surface area (Å²) in [6.07, 6.45) is 6.73. The summed E-state index contributed by atoms with van der Waals surface area (Å²) in [6.45, 7) is 0. The van der Waals surface area contributed by atoms with E-state index in [2.05, 4.69) is 10.4 Å². The summed E-state index contributed by atoms with van der Waals surface area (Å²) in [4.78, 5) is 13.0. The van der Waals surface area contributed by atoms with Crippen LogP contribution in [0.5, 0.6) is 0 Å². The van der Waals surface area contributed by atoms with Crippen LogP contribution in [0.1, 0.15) is 34.8 Å². The van der Waals surface area contributed by atoms with Gasteiger partial charge in [0.15, 0.2) is 0 Å². The number of aryl methyl sites for hydroxylation is 2. The molecular weight excluding hydrogens is 316 g/mol. The maximum atomic E-state index is 13.0. The summed E-state index contributed by atoms with van der Waals surface area (Å²) < 4.78 is 3.71. The van der Waals surface area contributed by atoms with Crippen molar-refractivity contribution in [2.75, 3.05) is 0 Å². The number of fused-ring (bicyclic) bond motifs is 1. The van der Waals surface area contributed by atoms with Crippen LogP contribution >= 0.6 is 0 Å². The van der Waals surface area contributed by atoms with E-state index in [-0.39, 0.29) is 24.0 Å². The summed E-state index contributed by atoms with van der Waals surface area (Å²) in [5, 5.41) is 18.0. The minimum Gasteiger partial charge on any atom is -0.393 e. The highest BCUT2D eigenvalue weighted by molar-refractivity contribution is 6.07. The number of carbonyl (C=O) groups is 1. The summed E-state index contributed by atoms with van der Waals surface area (Å²) in [7, 11) is 3.81. The van der Waals surface area contributed by atoms with Gasteiger partial charge in [-0.2, -0.15) is 5.10 Å². The van der Waals surface area contributed by atoms with Crippen molar-refractivity contribution in [1.82, 2.24) is 19.7 Å². The van der Waals surface area contributed by atoms with Gasteiger partial charge in [-0.15, -0.1) is 0 Å². The summed E-state index contributed by atoms with van der Waals surface area (Å²) in [6, 6.07) is 7.75. The molecule has 0 bridgehead atoms. The molecule has 1 saturated carbocycles. The lowest BCUT2D eigenvalue weighted by atomic mass is 9.75. The average molecular weight is 338 g/mol. The molecular formula is C19H22N4O2. The van der Waals surface area contributed by atoms with Crippen molar-refractivity contribution in [2.45, 2.75) is 25.0 Å². The van der Waals surface area contributed by atoms with E-state index in [4.69, 9.17) is 0 Å². The number of aromatic nitrogens is 3. The van der Waals surface area contributed by atoms with Gasteiger partial charge >= 0.3 is 0 Å². The van der Waals surface area contributed by atoms with E-state index in [0.717, 1.165) is 16.5 Å². The fraction of sp³-hybridized carbons (Fsp3) is 0.368. The zero-order valence-electron chi connectivity index (χ0n) is 14.4. The van der Waals surface area contributed by atoms with Gasteiger partial charge in [0.05, 0.1) is 23.9 Å². The number of nitrogens with zero attached hydrogens (tertiary/aromatic N) is 3. The molecule has 1 aliphatic rings. The first-order valence-electron chi connectivity index (χ1n) is 8.54. The molecule has 1 fully saturated rings. The first-order chi connectivity index (χ1) is 12.0. The molecule has 2 aromatic heterocycles. The number of aliphatic hydroxyl groups is 1. The average Bonchev–Trinajstić information content (AvgIpc) is 3.14. The summed E-state index contributed by atoms with van der Waals surface area (Å²) >= 11 is 0. The van der Waals surface area contributed by atoms with Gasteiger partial charge in [-0.25, -0.2) is 0 Å². The maximum Gasteiger partial charge on any atom is 0.253 e. The van der Waals surface area contributed by atoms with E-state index < -0.39 is 0 Å². The normalized spacial score (nSPS) is 21.1. The largest absolute Gasteiger partial charge is 0.393 e. The lowest BCUT2D eigenvalue weighted by molar-refractivity contribution is 0.0235. The second-order valence-electron chi connectivity index (χ2n) is 6.95. The van der Waals surface area contributed by atoms with Crippen molar-refractivity contribution in [2.24, 2.45) is 20.0 Å². The van der Waals surface area contributed by atoms with Crippen molar-refractivity contribution in [3.05, 3.63) is 54.0 Å². The van der Waals surface area contributed by atoms with Crippen LogP contribution in [0.15, 0.2) is 42.9 Å². The molecule has 6 heteroatoms. The monoisotopic (exact) mass is 338 g/mol. The predicted molar refractivity (Wildman–Crippen MR) is 95.1 cm³/mol. The van der Waals surface area contributed by atoms with Gasteiger partial charge in [-0.05, 0) is 24.8 Å². The van der Waals surface area contributed by atoms with Crippen molar-refractivity contribution in [1.29, 1.82) is 0 Å². The SMILES string of the molecule is Cn1cc([C@H](NC(=O)c2cn(C)c3ccccc23)C2CC(O)C2)cn1. The van der Waals surface area contributed by atoms with Crippen LogP contribution in [0.3, 0.4) is 0 Å². The van der Waals surface area contributed by atoms with Gasteiger partial charge in [0.1, 0.15) is 0 Å². The highest BCUT2D eigenvalue weighted by Gasteiger charge is 2.36. The number of nitrogens with one attached hydrogen (secondary N) is 1. The van der Waals surface area contributed by atoms with Crippen LogP contribution in [0, 0.1) is 5.92 Å². The van der Waals surface area contributed by atoms with Gasteiger partial charge in [0.2, 0.25) is 0 Å². The standard InChI is InChI=1S/C19H22N4O2/c1-22-11-16(15-5-3-4-6-17(15)22)19(25)21-18(12-7-14(24)8-12)13-9-20-23(2)10-13/h3-6,9-12,14,18,24H,7-8H2,1-2H3,(H,21,25)/t12?,14?,18-/m1/s1. The van der Waals surface area contributed by atoms with E-state index in [1.54, 1.807) is 10.9 Å². The molecule has 25 heavy (non-hydrogen) atoms. The molecule has 6 nitrogen and oxygen atoms in total. The number of para-hydroxylation sites is 1. The number of aliphatic hydroxyl groups excluding tert-OH is 1. The van der Waals surface area contributed by atoms with Gasteiger partial charge in [-0.3, -0.25) is 9.48 Å². The number of amides is 1. The Kier molecular flexibility index (Phi) is 3.84. The van der Waals surface area contributed by atoms with Crippen LogP contribution in [-0.4, -0.2) is 31.5 Å². The Balaban J connectivity index is 1.64. The molecule has 0 unspecified atom stereocenters. The first kappa shape index (κ1) is 15.9. The zero-order valence-corrected chi connectivity index (χ0v) is 14.4. The van der Waals surface area contributed by atoms with Gasteiger partial charge in [0.25, 0.3) is 5.91 Å². The lowest BCUT2D eigenvalue weighted by Crippen LogP contribution is -2.41. The molecule has 3 aromatic rings. The van der Waals surface area contributed by atoms with E-state index in [9.17, 15) is 9.90 Å². The third kappa shape index (κ3) is 2.82. The number of hydrogen-bond acceptors (Lipinski definition) is 3. The number of rotatable bonds is 4. The third-order valence-corrected chi connectivity index (χ3v) is 5.13.